The van der Waals surface area contributed by atoms with E-state index in [0.717, 1.165) is 30.5 Å². The van der Waals surface area contributed by atoms with E-state index in [4.69, 9.17) is 0 Å². The molecule has 3 aromatic carbocycles. The molecule has 1 aromatic heterocycles. The maximum Gasteiger partial charge on any atom is 0.416 e. The van der Waals surface area contributed by atoms with E-state index >= 15 is 0 Å². The average molecular weight is 464 g/mol. The number of carbonyl (C=O) groups is 1. The fraction of sp³-hybridized carbons (Fsp3) is 0.185. The molecule has 0 saturated carbocycles. The predicted octanol–water partition coefficient (Wildman–Crippen LogP) is 6.51. The molecule has 0 aliphatic heterocycles. The lowest BCUT2D eigenvalue weighted by molar-refractivity contribution is -0.137. The van der Waals surface area contributed by atoms with Crippen molar-refractivity contribution in [2.24, 2.45) is 0 Å². The van der Waals surface area contributed by atoms with Crippen molar-refractivity contribution in [1.29, 1.82) is 0 Å². The molecule has 0 bridgehead atoms. The van der Waals surface area contributed by atoms with E-state index in [-0.39, 0.29) is 11.9 Å². The first-order valence-electron chi connectivity index (χ1n) is 11.0. The van der Waals surface area contributed by atoms with Crippen LogP contribution in [0.5, 0.6) is 0 Å². The van der Waals surface area contributed by atoms with Gasteiger partial charge in [0.25, 0.3) is 5.91 Å². The molecule has 0 fully saturated rings. The minimum absolute atomic E-state index is 0.0232. The lowest BCUT2D eigenvalue weighted by Gasteiger charge is -2.14. The van der Waals surface area contributed by atoms with Crippen LogP contribution >= 0.6 is 0 Å². The number of nitrogens with zero attached hydrogens (tertiary/aromatic N) is 1. The van der Waals surface area contributed by atoms with Gasteiger partial charge < -0.3 is 5.32 Å². The molecule has 1 unspecified atom stereocenters. The number of hydrogen-bond donors (Lipinski definition) is 2. The van der Waals surface area contributed by atoms with Crippen LogP contribution in [0.4, 0.5) is 13.2 Å². The summed E-state index contributed by atoms with van der Waals surface area (Å²) in [4.78, 5) is 12.6. The SMILES string of the molecule is CC(CCc1ccccc1)NC(=O)c1ccc(-c2cc(-c3cccc(C(F)(F)F)c3)n[nH]2)cc1. The van der Waals surface area contributed by atoms with Gasteiger partial charge in [0, 0.05) is 17.2 Å². The molecule has 7 heteroatoms. The van der Waals surface area contributed by atoms with Crippen LogP contribution in [0.1, 0.15) is 34.8 Å². The number of aryl methyl sites for hydroxylation is 1. The Kier molecular flexibility index (Phi) is 6.82. The van der Waals surface area contributed by atoms with E-state index in [1.54, 1.807) is 36.4 Å². The lowest BCUT2D eigenvalue weighted by atomic mass is 10.0. The smallest absolute Gasteiger partial charge is 0.350 e. The highest BCUT2D eigenvalue weighted by Gasteiger charge is 2.30. The van der Waals surface area contributed by atoms with Gasteiger partial charge in [-0.3, -0.25) is 9.89 Å². The average Bonchev–Trinajstić information content (AvgIpc) is 3.33. The third-order valence-electron chi connectivity index (χ3n) is 5.61. The normalized spacial score (nSPS) is 12.4. The van der Waals surface area contributed by atoms with Crippen molar-refractivity contribution in [3.63, 3.8) is 0 Å². The number of amides is 1. The summed E-state index contributed by atoms with van der Waals surface area (Å²) in [5.41, 5.74) is 3.26. The Morgan fingerprint density at radius 3 is 2.38 bits per heavy atom. The number of aromatic amines is 1. The number of alkyl halides is 3. The zero-order valence-electron chi connectivity index (χ0n) is 18.6. The molecule has 4 nitrogen and oxygen atoms in total. The summed E-state index contributed by atoms with van der Waals surface area (Å²) < 4.78 is 39.0. The van der Waals surface area contributed by atoms with Crippen molar-refractivity contribution in [3.05, 3.63) is 102 Å². The Bertz CT molecular complexity index is 1250. The first-order valence-corrected chi connectivity index (χ1v) is 11.0. The molecule has 1 atom stereocenters. The van der Waals surface area contributed by atoms with Crippen molar-refractivity contribution in [2.45, 2.75) is 32.0 Å². The largest absolute Gasteiger partial charge is 0.416 e. The number of H-pyrrole nitrogens is 1. The highest BCUT2D eigenvalue weighted by Crippen LogP contribution is 2.32. The van der Waals surface area contributed by atoms with Gasteiger partial charge in [-0.05, 0) is 61.2 Å². The zero-order valence-corrected chi connectivity index (χ0v) is 18.6. The maximum atomic E-state index is 13.0. The first-order chi connectivity index (χ1) is 16.3. The molecule has 0 saturated heterocycles. The van der Waals surface area contributed by atoms with E-state index < -0.39 is 11.7 Å². The van der Waals surface area contributed by atoms with Gasteiger partial charge in [0.2, 0.25) is 0 Å². The second-order valence-electron chi connectivity index (χ2n) is 8.22. The number of benzene rings is 3. The van der Waals surface area contributed by atoms with Crippen LogP contribution < -0.4 is 5.32 Å². The zero-order chi connectivity index (χ0) is 24.1. The second kappa shape index (κ2) is 9.95. The molecule has 1 amide bonds. The van der Waals surface area contributed by atoms with Crippen LogP contribution in [0.15, 0.2) is 84.9 Å². The lowest BCUT2D eigenvalue weighted by Crippen LogP contribution is -2.32. The molecule has 0 aliphatic carbocycles. The van der Waals surface area contributed by atoms with Gasteiger partial charge >= 0.3 is 6.18 Å². The van der Waals surface area contributed by atoms with Crippen LogP contribution in [0, 0.1) is 0 Å². The predicted molar refractivity (Wildman–Crippen MR) is 126 cm³/mol. The van der Waals surface area contributed by atoms with Crippen molar-refractivity contribution in [3.8, 4) is 22.5 Å². The van der Waals surface area contributed by atoms with Gasteiger partial charge in [-0.2, -0.15) is 18.3 Å². The summed E-state index contributed by atoms with van der Waals surface area (Å²) in [5, 5.41) is 10.0. The summed E-state index contributed by atoms with van der Waals surface area (Å²) in [6.45, 7) is 1.98. The summed E-state index contributed by atoms with van der Waals surface area (Å²) in [5.74, 6) is -0.152. The molecule has 1 heterocycles. The number of halogens is 3. The molecule has 0 radical (unpaired) electrons. The van der Waals surface area contributed by atoms with Crippen LogP contribution in [0.2, 0.25) is 0 Å². The fourth-order valence-corrected chi connectivity index (χ4v) is 3.68. The van der Waals surface area contributed by atoms with E-state index in [0.29, 0.717) is 22.5 Å². The van der Waals surface area contributed by atoms with Crippen molar-refractivity contribution >= 4 is 5.91 Å². The van der Waals surface area contributed by atoms with Crippen LogP contribution in [0.3, 0.4) is 0 Å². The Balaban J connectivity index is 1.39. The van der Waals surface area contributed by atoms with E-state index in [9.17, 15) is 18.0 Å². The standard InChI is InChI=1S/C27H24F3N3O/c1-18(10-11-19-6-3-2-4-7-19)31-26(34)21-14-12-20(13-15-21)24-17-25(33-32-24)22-8-5-9-23(16-22)27(28,29)30/h2-9,12-18H,10-11H2,1H3,(H,31,34)(H,32,33). The summed E-state index contributed by atoms with van der Waals surface area (Å²) in [6, 6.07) is 23.9. The van der Waals surface area contributed by atoms with E-state index in [1.165, 1.54) is 11.6 Å². The minimum atomic E-state index is -4.41. The van der Waals surface area contributed by atoms with Gasteiger partial charge in [-0.25, -0.2) is 0 Å². The molecule has 0 aliphatic rings. The highest BCUT2D eigenvalue weighted by molar-refractivity contribution is 5.94. The monoisotopic (exact) mass is 463 g/mol. The van der Waals surface area contributed by atoms with Gasteiger partial charge in [0.15, 0.2) is 0 Å². The topological polar surface area (TPSA) is 57.8 Å². The number of nitrogens with one attached hydrogen (secondary N) is 2. The molecular weight excluding hydrogens is 439 g/mol. The number of rotatable bonds is 7. The van der Waals surface area contributed by atoms with Crippen LogP contribution in [-0.2, 0) is 12.6 Å². The van der Waals surface area contributed by atoms with Crippen molar-refractivity contribution in [2.75, 3.05) is 0 Å². The summed E-state index contributed by atoms with van der Waals surface area (Å²) in [6.07, 6.45) is -2.69. The molecule has 4 aromatic rings. The summed E-state index contributed by atoms with van der Waals surface area (Å²) >= 11 is 0. The van der Waals surface area contributed by atoms with Gasteiger partial charge in [0.1, 0.15) is 0 Å². The third-order valence-corrected chi connectivity index (χ3v) is 5.61. The van der Waals surface area contributed by atoms with Gasteiger partial charge in [0.05, 0.1) is 17.0 Å². The Morgan fingerprint density at radius 1 is 0.941 bits per heavy atom. The molecule has 34 heavy (non-hydrogen) atoms. The second-order valence-corrected chi connectivity index (χ2v) is 8.22. The van der Waals surface area contributed by atoms with Crippen molar-refractivity contribution in [1.82, 2.24) is 15.5 Å². The fourth-order valence-electron chi connectivity index (χ4n) is 3.68. The molecule has 2 N–H and O–H groups in total. The molecule has 0 spiro atoms. The Morgan fingerprint density at radius 2 is 1.68 bits per heavy atom. The quantitative estimate of drug-likeness (QED) is 0.328. The van der Waals surface area contributed by atoms with E-state index in [1.807, 2.05) is 25.1 Å². The minimum Gasteiger partial charge on any atom is -0.350 e. The number of aromatic nitrogens is 2. The Labute approximate surface area is 195 Å². The number of hydrogen-bond acceptors (Lipinski definition) is 2. The van der Waals surface area contributed by atoms with Crippen LogP contribution in [-0.4, -0.2) is 22.1 Å². The van der Waals surface area contributed by atoms with Crippen molar-refractivity contribution < 1.29 is 18.0 Å². The molecule has 4 rings (SSSR count). The molecular formula is C27H24F3N3O. The highest BCUT2D eigenvalue weighted by atomic mass is 19.4. The maximum absolute atomic E-state index is 13.0. The van der Waals surface area contributed by atoms with Crippen LogP contribution in [0.25, 0.3) is 22.5 Å². The summed E-state index contributed by atoms with van der Waals surface area (Å²) in [7, 11) is 0. The third kappa shape index (κ3) is 5.73. The first kappa shape index (κ1) is 23.3. The number of carbonyl (C=O) groups excluding carboxylic acids is 1. The van der Waals surface area contributed by atoms with E-state index in [2.05, 4.69) is 27.6 Å². The van der Waals surface area contributed by atoms with Gasteiger partial charge in [-0.1, -0.05) is 54.6 Å². The molecule has 174 valence electrons. The Hall–Kier alpha value is -3.87. The van der Waals surface area contributed by atoms with Gasteiger partial charge in [-0.15, -0.1) is 0 Å².